The summed E-state index contributed by atoms with van der Waals surface area (Å²) in [6.07, 6.45) is 3.29. The standard InChI is InChI=1S/C13H16N4O3S/c14-9-11-3-4-12(10-15-11)21(19,20)16-6-5-13(18)17-7-1-2-8-17/h3-4,10,16H,1-2,5-8H2. The summed E-state index contributed by atoms with van der Waals surface area (Å²) < 4.78 is 26.3. The van der Waals surface area contributed by atoms with Crippen LogP contribution < -0.4 is 4.72 Å². The third-order valence-corrected chi connectivity index (χ3v) is 4.70. The predicted molar refractivity (Wildman–Crippen MR) is 74.6 cm³/mol. The Morgan fingerprint density at radius 3 is 2.67 bits per heavy atom. The Labute approximate surface area is 123 Å². The predicted octanol–water partition coefficient (Wildman–Crippen LogP) is 0.244. The van der Waals surface area contributed by atoms with E-state index in [1.54, 1.807) is 4.90 Å². The summed E-state index contributed by atoms with van der Waals surface area (Å²) in [5, 5.41) is 8.62. The second-order valence-corrected chi connectivity index (χ2v) is 6.49. The van der Waals surface area contributed by atoms with Gasteiger partial charge < -0.3 is 4.90 Å². The lowest BCUT2D eigenvalue weighted by molar-refractivity contribution is -0.129. The summed E-state index contributed by atoms with van der Waals surface area (Å²) in [4.78, 5) is 17.2. The van der Waals surface area contributed by atoms with Crippen LogP contribution in [-0.4, -0.2) is 43.8 Å². The van der Waals surface area contributed by atoms with Crippen LogP contribution in [0.1, 0.15) is 25.0 Å². The molecule has 8 heteroatoms. The van der Waals surface area contributed by atoms with Crippen molar-refractivity contribution in [3.63, 3.8) is 0 Å². The maximum atomic E-state index is 12.0. The van der Waals surface area contributed by atoms with E-state index >= 15 is 0 Å². The highest BCUT2D eigenvalue weighted by Gasteiger charge is 2.19. The van der Waals surface area contributed by atoms with Gasteiger partial charge in [0.2, 0.25) is 15.9 Å². The van der Waals surface area contributed by atoms with E-state index in [-0.39, 0.29) is 29.5 Å². The summed E-state index contributed by atoms with van der Waals surface area (Å²) >= 11 is 0. The summed E-state index contributed by atoms with van der Waals surface area (Å²) in [7, 11) is -3.70. The first kappa shape index (κ1) is 15.4. The number of carbonyl (C=O) groups excluding carboxylic acids is 1. The number of nitrogens with one attached hydrogen (secondary N) is 1. The molecule has 0 atom stereocenters. The van der Waals surface area contributed by atoms with Gasteiger partial charge in [-0.1, -0.05) is 0 Å². The van der Waals surface area contributed by atoms with Gasteiger partial charge in [-0.3, -0.25) is 4.79 Å². The van der Waals surface area contributed by atoms with Gasteiger partial charge in [-0.15, -0.1) is 0 Å². The molecule has 1 amide bonds. The zero-order chi connectivity index (χ0) is 15.3. The van der Waals surface area contributed by atoms with Gasteiger partial charge in [-0.05, 0) is 25.0 Å². The molecule has 0 bridgehead atoms. The summed E-state index contributed by atoms with van der Waals surface area (Å²) in [5.74, 6) is -0.0341. The molecule has 1 aromatic rings. The number of nitrogens with zero attached hydrogens (tertiary/aromatic N) is 3. The maximum Gasteiger partial charge on any atom is 0.242 e. The molecule has 2 rings (SSSR count). The molecule has 0 aliphatic carbocycles. The highest BCUT2D eigenvalue weighted by molar-refractivity contribution is 7.89. The van der Waals surface area contributed by atoms with Crippen molar-refractivity contribution in [2.45, 2.75) is 24.2 Å². The van der Waals surface area contributed by atoms with E-state index in [1.165, 1.54) is 12.1 Å². The molecule has 112 valence electrons. The van der Waals surface area contributed by atoms with Gasteiger partial charge in [0, 0.05) is 32.3 Å². The van der Waals surface area contributed by atoms with E-state index in [4.69, 9.17) is 5.26 Å². The van der Waals surface area contributed by atoms with Crippen LogP contribution >= 0.6 is 0 Å². The molecule has 0 spiro atoms. The molecular formula is C13H16N4O3S. The Balaban J connectivity index is 1.88. The molecule has 21 heavy (non-hydrogen) atoms. The van der Waals surface area contributed by atoms with Crippen LogP contribution in [0.5, 0.6) is 0 Å². The smallest absolute Gasteiger partial charge is 0.242 e. The topological polar surface area (TPSA) is 103 Å². The Kier molecular flexibility index (Phi) is 4.88. The minimum absolute atomic E-state index is 0.0184. The van der Waals surface area contributed by atoms with Gasteiger partial charge in [0.15, 0.2) is 0 Å². The maximum absolute atomic E-state index is 12.0. The molecule has 2 heterocycles. The molecule has 0 unspecified atom stereocenters. The minimum Gasteiger partial charge on any atom is -0.343 e. The molecular weight excluding hydrogens is 292 g/mol. The molecule has 1 aromatic heterocycles. The number of pyridine rings is 1. The van der Waals surface area contributed by atoms with Crippen molar-refractivity contribution in [1.82, 2.24) is 14.6 Å². The van der Waals surface area contributed by atoms with E-state index in [9.17, 15) is 13.2 Å². The molecule has 1 fully saturated rings. The summed E-state index contributed by atoms with van der Waals surface area (Å²) in [6.45, 7) is 1.56. The lowest BCUT2D eigenvalue weighted by Gasteiger charge is -2.15. The van der Waals surface area contributed by atoms with Gasteiger partial charge >= 0.3 is 0 Å². The van der Waals surface area contributed by atoms with Gasteiger partial charge in [0.25, 0.3) is 0 Å². The molecule has 1 aliphatic heterocycles. The second kappa shape index (κ2) is 6.65. The van der Waals surface area contributed by atoms with Crippen LogP contribution in [0, 0.1) is 11.3 Å². The fraction of sp³-hybridized carbons (Fsp3) is 0.462. The first-order chi connectivity index (χ1) is 10.0. The van der Waals surface area contributed by atoms with Crippen LogP contribution in [0.15, 0.2) is 23.2 Å². The largest absolute Gasteiger partial charge is 0.343 e. The summed E-state index contributed by atoms with van der Waals surface area (Å²) in [6, 6.07) is 4.47. The number of likely N-dealkylation sites (tertiary alicyclic amines) is 1. The number of sulfonamides is 1. The lowest BCUT2D eigenvalue weighted by atomic mass is 10.4. The minimum atomic E-state index is -3.70. The van der Waals surface area contributed by atoms with Crippen LogP contribution in [0.2, 0.25) is 0 Å². The Morgan fingerprint density at radius 2 is 2.10 bits per heavy atom. The average Bonchev–Trinajstić information content (AvgIpc) is 3.01. The highest BCUT2D eigenvalue weighted by Crippen LogP contribution is 2.10. The van der Waals surface area contributed by atoms with Gasteiger partial charge in [-0.25, -0.2) is 18.1 Å². The van der Waals surface area contributed by atoms with Gasteiger partial charge in [0.05, 0.1) is 0 Å². The van der Waals surface area contributed by atoms with Crippen molar-refractivity contribution in [3.05, 3.63) is 24.0 Å². The lowest BCUT2D eigenvalue weighted by Crippen LogP contribution is -2.32. The number of amides is 1. The normalized spacial score (nSPS) is 14.9. The first-order valence-corrected chi connectivity index (χ1v) is 8.15. The van der Waals surface area contributed by atoms with Crippen LogP contribution in [0.25, 0.3) is 0 Å². The summed E-state index contributed by atoms with van der Waals surface area (Å²) in [5.41, 5.74) is 0.151. The second-order valence-electron chi connectivity index (χ2n) is 4.73. The monoisotopic (exact) mass is 308 g/mol. The van der Waals surface area contributed by atoms with Crippen LogP contribution in [0.4, 0.5) is 0 Å². The van der Waals surface area contributed by atoms with Gasteiger partial charge in [0.1, 0.15) is 16.7 Å². The molecule has 1 saturated heterocycles. The quantitative estimate of drug-likeness (QED) is 0.839. The van der Waals surface area contributed by atoms with E-state index in [2.05, 4.69) is 9.71 Å². The Morgan fingerprint density at radius 1 is 1.38 bits per heavy atom. The number of hydrogen-bond donors (Lipinski definition) is 1. The van der Waals surface area contributed by atoms with Gasteiger partial charge in [-0.2, -0.15) is 5.26 Å². The average molecular weight is 308 g/mol. The highest BCUT2D eigenvalue weighted by atomic mass is 32.2. The van der Waals surface area contributed by atoms with E-state index in [1.807, 2.05) is 6.07 Å². The molecule has 0 aromatic carbocycles. The van der Waals surface area contributed by atoms with Crippen molar-refractivity contribution in [3.8, 4) is 6.07 Å². The third kappa shape index (κ3) is 4.00. The molecule has 1 N–H and O–H groups in total. The third-order valence-electron chi connectivity index (χ3n) is 3.25. The number of carbonyl (C=O) groups is 1. The number of hydrogen-bond acceptors (Lipinski definition) is 5. The SMILES string of the molecule is N#Cc1ccc(S(=O)(=O)NCCC(=O)N2CCCC2)cn1. The number of rotatable bonds is 5. The van der Waals surface area contributed by atoms with Crippen molar-refractivity contribution < 1.29 is 13.2 Å². The van der Waals surface area contributed by atoms with E-state index in [0.717, 1.165) is 32.1 Å². The molecule has 1 aliphatic rings. The number of aromatic nitrogens is 1. The Bertz CT molecular complexity index is 643. The fourth-order valence-electron chi connectivity index (χ4n) is 2.11. The zero-order valence-corrected chi connectivity index (χ0v) is 12.3. The first-order valence-electron chi connectivity index (χ1n) is 6.66. The van der Waals surface area contributed by atoms with Crippen molar-refractivity contribution in [2.24, 2.45) is 0 Å². The van der Waals surface area contributed by atoms with Crippen molar-refractivity contribution in [2.75, 3.05) is 19.6 Å². The van der Waals surface area contributed by atoms with Crippen molar-refractivity contribution in [1.29, 1.82) is 5.26 Å². The van der Waals surface area contributed by atoms with E-state index < -0.39 is 10.0 Å². The van der Waals surface area contributed by atoms with Crippen LogP contribution in [-0.2, 0) is 14.8 Å². The fourth-order valence-corrected chi connectivity index (χ4v) is 3.08. The van der Waals surface area contributed by atoms with Crippen molar-refractivity contribution >= 4 is 15.9 Å². The molecule has 0 saturated carbocycles. The molecule has 0 radical (unpaired) electrons. The van der Waals surface area contributed by atoms with Crippen LogP contribution in [0.3, 0.4) is 0 Å². The van der Waals surface area contributed by atoms with E-state index in [0.29, 0.717) is 0 Å². The molecule has 7 nitrogen and oxygen atoms in total. The number of nitriles is 1. The Hall–Kier alpha value is -1.98. The zero-order valence-electron chi connectivity index (χ0n) is 11.4.